The van der Waals surface area contributed by atoms with Crippen LogP contribution in [0.1, 0.15) is 60.3 Å². The van der Waals surface area contributed by atoms with Crippen molar-refractivity contribution < 1.29 is 27.5 Å². The van der Waals surface area contributed by atoms with Gasteiger partial charge in [-0.05, 0) is 157 Å². The Morgan fingerprint density at radius 2 is 1.35 bits per heavy atom. The number of hydrogen-bond acceptors (Lipinski definition) is 6. The zero-order chi connectivity index (χ0) is 36.2. The maximum atomic E-state index is 13.0. The Hall–Kier alpha value is -0.642. The first-order valence-electron chi connectivity index (χ1n) is 18.4. The molecular weight excluding hydrogens is 700 g/mol. The van der Waals surface area contributed by atoms with E-state index < -0.39 is 63.5 Å². The third kappa shape index (κ3) is 10.5. The summed E-state index contributed by atoms with van der Waals surface area (Å²) >= 11 is 6.89. The van der Waals surface area contributed by atoms with Crippen LogP contribution in [0.4, 0.5) is 0 Å². The minimum absolute atomic E-state index is 0.299. The van der Waals surface area contributed by atoms with Crippen molar-refractivity contribution in [3.63, 3.8) is 0 Å². The molecule has 1 N–H and O–H groups in total. The largest absolute Gasteiger partial charge is 0.415 e. The summed E-state index contributed by atoms with van der Waals surface area (Å²) in [4.78, 5) is 0. The Bertz CT molecular complexity index is 1440. The molecule has 0 amide bonds. The molecule has 2 aromatic carbocycles. The minimum atomic E-state index is -2.25. The normalized spacial score (nSPS) is 29.1. The Morgan fingerprint density at radius 1 is 0.755 bits per heavy atom. The first kappa shape index (κ1) is 39.6. The summed E-state index contributed by atoms with van der Waals surface area (Å²) in [7, 11) is -8.46. The molecule has 2 saturated carbocycles. The summed E-state index contributed by atoms with van der Waals surface area (Å²) < 4.78 is 34.3. The Balaban J connectivity index is 1.52. The van der Waals surface area contributed by atoms with Crippen molar-refractivity contribution in [2.75, 3.05) is 6.61 Å². The highest BCUT2D eigenvalue weighted by atomic mass is 35.5. The van der Waals surface area contributed by atoms with E-state index in [1.807, 2.05) is 18.2 Å². The number of hydrogen-bond donors (Lipinski definition) is 1. The second kappa shape index (κ2) is 14.3. The fourth-order valence-corrected chi connectivity index (χ4v) is 11.5. The van der Waals surface area contributed by atoms with E-state index in [1.165, 1.54) is 43.2 Å². The first-order valence-corrected chi connectivity index (χ1v) is 32.4. The summed E-state index contributed by atoms with van der Waals surface area (Å²) in [5, 5.41) is 13.7. The monoisotopic (exact) mass is 762 g/mol. The van der Waals surface area contributed by atoms with E-state index in [0.717, 1.165) is 5.56 Å². The first-order chi connectivity index (χ1) is 22.4. The van der Waals surface area contributed by atoms with Crippen LogP contribution >= 0.6 is 11.6 Å². The van der Waals surface area contributed by atoms with Crippen molar-refractivity contribution in [3.8, 4) is 0 Å². The van der Waals surface area contributed by atoms with Crippen molar-refractivity contribution >= 4 is 44.9 Å². The van der Waals surface area contributed by atoms with E-state index in [9.17, 15) is 5.11 Å². The highest BCUT2D eigenvalue weighted by Crippen LogP contribution is 2.61. The average molecular weight is 764 g/mol. The van der Waals surface area contributed by atoms with Crippen LogP contribution in [0.25, 0.3) is 0 Å². The Kier molecular flexibility index (Phi) is 11.5. The number of aliphatic hydroxyl groups is 1. The van der Waals surface area contributed by atoms with Gasteiger partial charge < -0.3 is 27.5 Å². The molecule has 49 heavy (non-hydrogen) atoms. The van der Waals surface area contributed by atoms with Crippen LogP contribution in [0.15, 0.2) is 42.5 Å². The summed E-state index contributed by atoms with van der Waals surface area (Å²) in [5.41, 5.74) is 4.86. The smallest absolute Gasteiger partial charge is 0.221 e. The predicted molar refractivity (Wildman–Crippen MR) is 212 cm³/mol. The molecule has 3 fully saturated rings. The van der Waals surface area contributed by atoms with Crippen LogP contribution in [-0.2, 0) is 34.6 Å². The van der Waals surface area contributed by atoms with Crippen molar-refractivity contribution in [2.24, 2.45) is 5.41 Å². The molecule has 1 saturated heterocycles. The van der Waals surface area contributed by atoms with Crippen molar-refractivity contribution in [3.05, 3.63) is 69.7 Å². The highest BCUT2D eigenvalue weighted by molar-refractivity contribution is 6.71. The lowest BCUT2D eigenvalue weighted by Crippen LogP contribution is -2.69. The second-order valence-corrected chi connectivity index (χ2v) is 37.3. The fourth-order valence-electron chi connectivity index (χ4n) is 7.46. The zero-order valence-electron chi connectivity index (χ0n) is 32.2. The maximum Gasteiger partial charge on any atom is 0.221 e. The van der Waals surface area contributed by atoms with E-state index in [0.29, 0.717) is 34.9 Å². The molecule has 0 bridgehead atoms. The van der Waals surface area contributed by atoms with Crippen LogP contribution < -0.4 is 0 Å². The van der Waals surface area contributed by atoms with Crippen LogP contribution in [-0.4, -0.2) is 69.4 Å². The van der Waals surface area contributed by atoms with Crippen LogP contribution in [0.2, 0.25) is 83.6 Å². The lowest BCUT2D eigenvalue weighted by molar-refractivity contribution is -0.348. The van der Waals surface area contributed by atoms with Gasteiger partial charge in [0.05, 0.1) is 6.61 Å². The van der Waals surface area contributed by atoms with Crippen LogP contribution in [0.5, 0.6) is 0 Å². The summed E-state index contributed by atoms with van der Waals surface area (Å²) in [6, 6.07) is 14.9. The lowest BCUT2D eigenvalue weighted by Gasteiger charge is -2.54. The van der Waals surface area contributed by atoms with Gasteiger partial charge in [-0.1, -0.05) is 41.9 Å². The van der Waals surface area contributed by atoms with Crippen LogP contribution in [0.3, 0.4) is 0 Å². The molecule has 0 aromatic heterocycles. The molecule has 2 unspecified atom stereocenters. The SMILES string of the molecule is C[Si](C)(C)OC[C@H]1OC(O)(c2ccc(Cl)c(Cc3ccc(C4CCC5(CC5)C4)cc3)c2)[C@H](O[Si](C)(C)C)[C@@H](O[Si](C)(C)C)[C@@H]1O[Si](C)(C)C. The van der Waals surface area contributed by atoms with E-state index in [-0.39, 0.29) is 0 Å². The standard InChI is InChI=1S/C38H63ClO6Si4/c1-46(2,3)41-26-33-34(43-47(4,5)6)35(44-48(7,8)9)36(45-49(10,11)12)38(40,42-33)31-17-18-32(39)30(24-31)23-27-13-15-28(16-14-27)29-19-20-37(25-29)21-22-37/h13-18,24,29,33-36,40H,19-23,25-26H2,1-12H3/t29?,33-,34-,35+,36-,38?/m1/s1. The Morgan fingerprint density at radius 3 is 1.88 bits per heavy atom. The molecular formula is C38H63ClO6Si4. The van der Waals surface area contributed by atoms with Crippen molar-refractivity contribution in [1.29, 1.82) is 0 Å². The van der Waals surface area contributed by atoms with Gasteiger partial charge in [-0.3, -0.25) is 0 Å². The lowest BCUT2D eigenvalue weighted by atomic mass is 9.87. The third-order valence-electron chi connectivity index (χ3n) is 9.81. The quantitative estimate of drug-likeness (QED) is 0.205. The molecule has 0 radical (unpaired) electrons. The summed E-state index contributed by atoms with van der Waals surface area (Å²) in [6.45, 7) is 26.3. The predicted octanol–water partition coefficient (Wildman–Crippen LogP) is 10.0. The summed E-state index contributed by atoms with van der Waals surface area (Å²) in [5.74, 6) is -1.13. The molecule has 5 rings (SSSR count). The average Bonchev–Trinajstić information content (AvgIpc) is 3.58. The molecule has 11 heteroatoms. The topological polar surface area (TPSA) is 66.4 Å². The fraction of sp³-hybridized carbons (Fsp3) is 0.684. The second-order valence-electron chi connectivity index (χ2n) is 19.0. The van der Waals surface area contributed by atoms with Crippen LogP contribution in [0, 0.1) is 5.41 Å². The molecule has 6 nitrogen and oxygen atoms in total. The minimum Gasteiger partial charge on any atom is -0.415 e. The van der Waals surface area contributed by atoms with E-state index in [2.05, 4.69) is 103 Å². The molecule has 1 heterocycles. The van der Waals surface area contributed by atoms with Gasteiger partial charge >= 0.3 is 0 Å². The Labute approximate surface area is 306 Å². The van der Waals surface area contributed by atoms with Crippen molar-refractivity contribution in [2.45, 2.75) is 153 Å². The number of ether oxygens (including phenoxy) is 1. The van der Waals surface area contributed by atoms with Gasteiger partial charge in [0.1, 0.15) is 24.4 Å². The molecule has 1 aliphatic heterocycles. The van der Waals surface area contributed by atoms with Gasteiger partial charge in [0.25, 0.3) is 0 Å². The molecule has 2 aromatic rings. The number of benzene rings is 2. The van der Waals surface area contributed by atoms with Gasteiger partial charge in [-0.15, -0.1) is 0 Å². The molecule has 274 valence electrons. The number of halogens is 1. The summed E-state index contributed by atoms with van der Waals surface area (Å²) in [6.07, 6.45) is 5.11. The van der Waals surface area contributed by atoms with Gasteiger partial charge in [0.2, 0.25) is 5.79 Å². The third-order valence-corrected chi connectivity index (χ3v) is 14.1. The van der Waals surface area contributed by atoms with Crippen molar-refractivity contribution in [1.82, 2.24) is 0 Å². The maximum absolute atomic E-state index is 13.0. The van der Waals surface area contributed by atoms with Gasteiger partial charge in [0.15, 0.2) is 33.3 Å². The zero-order valence-corrected chi connectivity index (χ0v) is 37.0. The van der Waals surface area contributed by atoms with E-state index >= 15 is 0 Å². The molecule has 2 aliphatic carbocycles. The van der Waals surface area contributed by atoms with Gasteiger partial charge in [-0.25, -0.2) is 0 Å². The van der Waals surface area contributed by atoms with Gasteiger partial charge in [0, 0.05) is 10.6 Å². The molecule has 3 aliphatic rings. The number of rotatable bonds is 13. The highest BCUT2D eigenvalue weighted by Gasteiger charge is 2.59. The molecule has 6 atom stereocenters. The van der Waals surface area contributed by atoms with E-state index in [1.54, 1.807) is 0 Å². The van der Waals surface area contributed by atoms with E-state index in [4.69, 9.17) is 34.0 Å². The molecule has 1 spiro atoms. The van der Waals surface area contributed by atoms with Gasteiger partial charge in [-0.2, -0.15) is 0 Å².